The SMILES string of the molecule is CC(O)Sc1ccccc1.CCO.O. The van der Waals surface area contributed by atoms with Crippen molar-refractivity contribution in [2.75, 3.05) is 6.61 Å². The smallest absolute Gasteiger partial charge is 0.101 e. The summed E-state index contributed by atoms with van der Waals surface area (Å²) in [4.78, 5) is 1.11. The lowest BCUT2D eigenvalue weighted by atomic mass is 10.4. The van der Waals surface area contributed by atoms with Gasteiger partial charge in [0.05, 0.1) is 0 Å². The lowest BCUT2D eigenvalue weighted by Gasteiger charge is -2.01. The first-order chi connectivity index (χ1) is 6.20. The van der Waals surface area contributed by atoms with Gasteiger partial charge in [-0.15, -0.1) is 0 Å². The van der Waals surface area contributed by atoms with Gasteiger partial charge < -0.3 is 15.7 Å². The molecule has 82 valence electrons. The van der Waals surface area contributed by atoms with E-state index in [2.05, 4.69) is 0 Å². The molecule has 0 heterocycles. The van der Waals surface area contributed by atoms with Crippen molar-refractivity contribution in [1.29, 1.82) is 0 Å². The fourth-order valence-electron chi connectivity index (χ4n) is 0.696. The maximum Gasteiger partial charge on any atom is 0.101 e. The summed E-state index contributed by atoms with van der Waals surface area (Å²) in [5.41, 5.74) is -0.317. The summed E-state index contributed by atoms with van der Waals surface area (Å²) in [6.07, 6.45) is 0. The fraction of sp³-hybridized carbons (Fsp3) is 0.400. The van der Waals surface area contributed by atoms with Crippen LogP contribution in [0.4, 0.5) is 0 Å². The molecule has 1 atom stereocenters. The minimum atomic E-state index is -0.317. The number of thioether (sulfide) groups is 1. The first-order valence-corrected chi connectivity index (χ1v) is 5.09. The normalized spacial score (nSPS) is 10.6. The van der Waals surface area contributed by atoms with Crippen LogP contribution in [0.25, 0.3) is 0 Å². The molecule has 1 unspecified atom stereocenters. The largest absolute Gasteiger partial charge is 0.412 e. The molecule has 1 aromatic carbocycles. The molecule has 1 rings (SSSR count). The number of benzene rings is 1. The number of hydrogen-bond donors (Lipinski definition) is 2. The highest BCUT2D eigenvalue weighted by molar-refractivity contribution is 7.99. The lowest BCUT2D eigenvalue weighted by Crippen LogP contribution is -1.89. The van der Waals surface area contributed by atoms with Crippen LogP contribution in [0.15, 0.2) is 35.2 Å². The molecule has 14 heavy (non-hydrogen) atoms. The highest BCUT2D eigenvalue weighted by Gasteiger charge is 1.95. The summed E-state index contributed by atoms with van der Waals surface area (Å²) in [6, 6.07) is 9.86. The Morgan fingerprint density at radius 2 is 1.71 bits per heavy atom. The van der Waals surface area contributed by atoms with Gasteiger partial charge in [0.25, 0.3) is 0 Å². The summed E-state index contributed by atoms with van der Waals surface area (Å²) >= 11 is 1.45. The highest BCUT2D eigenvalue weighted by atomic mass is 32.2. The van der Waals surface area contributed by atoms with Crippen LogP contribution in [-0.2, 0) is 0 Å². The van der Waals surface area contributed by atoms with Crippen LogP contribution in [0.3, 0.4) is 0 Å². The molecule has 0 aliphatic rings. The monoisotopic (exact) mass is 218 g/mol. The molecule has 0 bridgehead atoms. The van der Waals surface area contributed by atoms with Crippen LogP contribution in [0.1, 0.15) is 13.8 Å². The van der Waals surface area contributed by atoms with E-state index in [1.54, 1.807) is 13.8 Å². The Hall–Kier alpha value is -0.550. The third-order valence-electron chi connectivity index (χ3n) is 1.05. The minimum Gasteiger partial charge on any atom is -0.412 e. The van der Waals surface area contributed by atoms with E-state index in [4.69, 9.17) is 10.2 Å². The van der Waals surface area contributed by atoms with Gasteiger partial charge in [0.15, 0.2) is 0 Å². The van der Waals surface area contributed by atoms with Gasteiger partial charge in [-0.05, 0) is 26.0 Å². The van der Waals surface area contributed by atoms with Gasteiger partial charge in [-0.2, -0.15) is 0 Å². The van der Waals surface area contributed by atoms with Gasteiger partial charge in [-0.3, -0.25) is 0 Å². The third-order valence-corrected chi connectivity index (χ3v) is 1.94. The second-order valence-corrected chi connectivity index (χ2v) is 3.74. The van der Waals surface area contributed by atoms with E-state index in [0.717, 1.165) is 4.90 Å². The number of aliphatic hydroxyl groups is 2. The fourth-order valence-corrected chi connectivity index (χ4v) is 1.40. The Labute approximate surface area is 89.1 Å². The van der Waals surface area contributed by atoms with E-state index in [1.165, 1.54) is 11.8 Å². The lowest BCUT2D eigenvalue weighted by molar-refractivity contribution is 0.284. The molecule has 0 radical (unpaired) electrons. The third kappa shape index (κ3) is 9.54. The van der Waals surface area contributed by atoms with Gasteiger partial charge in [0, 0.05) is 11.5 Å². The summed E-state index contributed by atoms with van der Waals surface area (Å²) in [7, 11) is 0. The summed E-state index contributed by atoms with van der Waals surface area (Å²) in [5.74, 6) is 0. The molecule has 0 amide bonds. The van der Waals surface area contributed by atoms with Gasteiger partial charge in [-0.25, -0.2) is 0 Å². The Morgan fingerprint density at radius 3 is 2.07 bits per heavy atom. The van der Waals surface area contributed by atoms with Crippen LogP contribution in [0.5, 0.6) is 0 Å². The second-order valence-electron chi connectivity index (χ2n) is 2.35. The first kappa shape index (κ1) is 15.9. The van der Waals surface area contributed by atoms with Gasteiger partial charge >= 0.3 is 0 Å². The number of aliphatic hydroxyl groups excluding tert-OH is 2. The van der Waals surface area contributed by atoms with Crippen LogP contribution in [0.2, 0.25) is 0 Å². The predicted octanol–water partition coefficient (Wildman–Crippen LogP) is 1.29. The van der Waals surface area contributed by atoms with Crippen molar-refractivity contribution in [2.24, 2.45) is 0 Å². The van der Waals surface area contributed by atoms with Crippen molar-refractivity contribution in [3.05, 3.63) is 30.3 Å². The van der Waals surface area contributed by atoms with E-state index >= 15 is 0 Å². The summed E-state index contributed by atoms with van der Waals surface area (Å²) < 4.78 is 0. The Bertz CT molecular complexity index is 202. The molecule has 0 spiro atoms. The molecule has 1 aromatic rings. The minimum absolute atomic E-state index is 0. The molecule has 0 aliphatic carbocycles. The van der Waals surface area contributed by atoms with Gasteiger partial charge in [0.2, 0.25) is 0 Å². The summed E-state index contributed by atoms with van der Waals surface area (Å²) in [5, 5.41) is 16.5. The maximum absolute atomic E-state index is 8.97. The second kappa shape index (κ2) is 10.5. The number of rotatable bonds is 2. The van der Waals surface area contributed by atoms with Crippen LogP contribution in [-0.4, -0.2) is 27.7 Å². The Kier molecular flexibility index (Phi) is 12.0. The molecular formula is C10H18O3S. The quantitative estimate of drug-likeness (QED) is 0.580. The van der Waals surface area contributed by atoms with Crippen LogP contribution >= 0.6 is 11.8 Å². The molecule has 0 aliphatic heterocycles. The Morgan fingerprint density at radius 1 is 1.29 bits per heavy atom. The standard InChI is InChI=1S/C8H10OS.C2H6O.H2O/c1-7(9)10-8-5-3-2-4-6-8;1-2-3;/h2-7,9H,1H3;3H,2H2,1H3;1H2. The zero-order valence-corrected chi connectivity index (χ0v) is 9.29. The molecule has 0 fully saturated rings. The van der Waals surface area contributed by atoms with Crippen molar-refractivity contribution in [2.45, 2.75) is 24.2 Å². The molecule has 0 aromatic heterocycles. The molecular weight excluding hydrogens is 200 g/mol. The average Bonchev–Trinajstić information content (AvgIpc) is 2.06. The van der Waals surface area contributed by atoms with E-state index in [0.29, 0.717) is 0 Å². The molecule has 4 heteroatoms. The van der Waals surface area contributed by atoms with Crippen LogP contribution < -0.4 is 0 Å². The van der Waals surface area contributed by atoms with Crippen molar-refractivity contribution >= 4 is 11.8 Å². The van der Waals surface area contributed by atoms with Crippen molar-refractivity contribution in [1.82, 2.24) is 0 Å². The average molecular weight is 218 g/mol. The molecule has 0 saturated heterocycles. The van der Waals surface area contributed by atoms with Crippen molar-refractivity contribution in [3.63, 3.8) is 0 Å². The number of hydrogen-bond acceptors (Lipinski definition) is 3. The maximum atomic E-state index is 8.97. The topological polar surface area (TPSA) is 72.0 Å². The zero-order chi connectivity index (χ0) is 10.1. The molecule has 0 saturated carbocycles. The van der Waals surface area contributed by atoms with E-state index in [-0.39, 0.29) is 17.5 Å². The van der Waals surface area contributed by atoms with Crippen molar-refractivity contribution < 1.29 is 15.7 Å². The first-order valence-electron chi connectivity index (χ1n) is 4.21. The van der Waals surface area contributed by atoms with Gasteiger partial charge in [0.1, 0.15) is 5.44 Å². The van der Waals surface area contributed by atoms with Crippen molar-refractivity contribution in [3.8, 4) is 0 Å². The Balaban J connectivity index is 0. The summed E-state index contributed by atoms with van der Waals surface area (Å²) in [6.45, 7) is 3.69. The van der Waals surface area contributed by atoms with Gasteiger partial charge in [-0.1, -0.05) is 30.0 Å². The van der Waals surface area contributed by atoms with Crippen LogP contribution in [0, 0.1) is 0 Å². The van der Waals surface area contributed by atoms with E-state index < -0.39 is 0 Å². The molecule has 3 nitrogen and oxygen atoms in total. The predicted molar refractivity (Wildman–Crippen MR) is 60.4 cm³/mol. The van der Waals surface area contributed by atoms with E-state index in [1.807, 2.05) is 30.3 Å². The van der Waals surface area contributed by atoms with E-state index in [9.17, 15) is 0 Å². The molecule has 4 N–H and O–H groups in total. The highest BCUT2D eigenvalue weighted by Crippen LogP contribution is 2.20. The zero-order valence-electron chi connectivity index (χ0n) is 8.47.